The highest BCUT2D eigenvalue weighted by atomic mass is 35.5. The first-order valence-corrected chi connectivity index (χ1v) is 8.48. The fraction of sp³-hybridized carbons (Fsp3) is 0.300. The molecule has 0 spiro atoms. The van der Waals surface area contributed by atoms with Crippen molar-refractivity contribution in [2.75, 3.05) is 42.9 Å². The van der Waals surface area contributed by atoms with Gasteiger partial charge in [0.25, 0.3) is 0 Å². The molecule has 0 radical (unpaired) electrons. The number of anilines is 2. The minimum Gasteiger partial charge on any atom is -0.378 e. The van der Waals surface area contributed by atoms with Crippen molar-refractivity contribution in [1.82, 2.24) is 0 Å². The maximum atomic E-state index is 5.86. The molecule has 0 fully saturated rings. The van der Waals surface area contributed by atoms with Crippen LogP contribution in [-0.2, 0) is 0 Å². The Hall–Kier alpha value is -1.93. The molecule has 23 heavy (non-hydrogen) atoms. The fourth-order valence-corrected chi connectivity index (χ4v) is 2.78. The number of alkyl halides is 1. The van der Waals surface area contributed by atoms with Crippen LogP contribution in [0, 0.1) is 0 Å². The number of hydrogen-bond donors (Lipinski definition) is 0. The van der Waals surface area contributed by atoms with Crippen LogP contribution in [0.3, 0.4) is 0 Å². The van der Waals surface area contributed by atoms with Gasteiger partial charge in [0.2, 0.25) is 0 Å². The van der Waals surface area contributed by atoms with Crippen LogP contribution in [0.2, 0.25) is 0 Å². The Morgan fingerprint density at radius 1 is 0.913 bits per heavy atom. The molecule has 0 bridgehead atoms. The third-order valence-electron chi connectivity index (χ3n) is 4.05. The molecule has 2 aromatic rings. The lowest BCUT2D eigenvalue weighted by Crippen LogP contribution is -2.24. The van der Waals surface area contributed by atoms with Crippen LogP contribution in [0.25, 0.3) is 5.57 Å². The van der Waals surface area contributed by atoms with Crippen LogP contribution in [0.4, 0.5) is 11.4 Å². The lowest BCUT2D eigenvalue weighted by molar-refractivity contribution is 0.870. The largest absolute Gasteiger partial charge is 0.378 e. The second-order valence-electron chi connectivity index (χ2n) is 5.74. The highest BCUT2D eigenvalue weighted by Crippen LogP contribution is 2.25. The van der Waals surface area contributed by atoms with Gasteiger partial charge in [-0.1, -0.05) is 30.8 Å². The minimum absolute atomic E-state index is 0.639. The van der Waals surface area contributed by atoms with E-state index in [0.717, 1.165) is 29.8 Å². The Morgan fingerprint density at radius 3 is 1.78 bits per heavy atom. The van der Waals surface area contributed by atoms with E-state index in [9.17, 15) is 0 Å². The first-order valence-electron chi connectivity index (χ1n) is 7.94. The van der Waals surface area contributed by atoms with Crippen LogP contribution in [0.5, 0.6) is 0 Å². The molecule has 0 aliphatic carbocycles. The van der Waals surface area contributed by atoms with E-state index in [-0.39, 0.29) is 0 Å². The molecule has 0 aromatic heterocycles. The minimum atomic E-state index is 0.639. The van der Waals surface area contributed by atoms with Gasteiger partial charge < -0.3 is 9.80 Å². The molecule has 0 aliphatic rings. The van der Waals surface area contributed by atoms with E-state index in [1.807, 2.05) is 14.1 Å². The summed E-state index contributed by atoms with van der Waals surface area (Å²) in [5.74, 6) is 0.639. The highest BCUT2D eigenvalue weighted by molar-refractivity contribution is 6.18. The summed E-state index contributed by atoms with van der Waals surface area (Å²) < 4.78 is 0. The van der Waals surface area contributed by atoms with Gasteiger partial charge in [0.1, 0.15) is 0 Å². The van der Waals surface area contributed by atoms with Crippen LogP contribution >= 0.6 is 11.6 Å². The summed E-state index contributed by atoms with van der Waals surface area (Å²) in [5, 5.41) is 0. The zero-order valence-corrected chi connectivity index (χ0v) is 15.0. The van der Waals surface area contributed by atoms with Gasteiger partial charge in [-0.2, -0.15) is 0 Å². The summed E-state index contributed by atoms with van der Waals surface area (Å²) >= 11 is 5.86. The standard InChI is InChI=1S/C20H25ClN2/c1-5-23(15-14-21)20-12-8-18(9-13-20)16(2)17-6-10-19(11-7-17)22(3)4/h6-13H,2,5,14-15H2,1,3-4H3. The monoisotopic (exact) mass is 328 g/mol. The number of benzene rings is 2. The van der Waals surface area contributed by atoms with Crippen molar-refractivity contribution in [3.63, 3.8) is 0 Å². The zero-order valence-electron chi connectivity index (χ0n) is 14.2. The average Bonchev–Trinajstić information content (AvgIpc) is 2.59. The number of halogens is 1. The molecule has 2 aromatic carbocycles. The van der Waals surface area contributed by atoms with Gasteiger partial charge in [-0.15, -0.1) is 11.6 Å². The molecule has 0 saturated heterocycles. The van der Waals surface area contributed by atoms with Crippen molar-refractivity contribution >= 4 is 28.5 Å². The van der Waals surface area contributed by atoms with Gasteiger partial charge in [-0.05, 0) is 47.9 Å². The number of rotatable bonds is 7. The van der Waals surface area contributed by atoms with Gasteiger partial charge in [0, 0.05) is 44.4 Å². The molecule has 122 valence electrons. The topological polar surface area (TPSA) is 6.48 Å². The van der Waals surface area contributed by atoms with E-state index in [4.69, 9.17) is 11.6 Å². The first-order chi connectivity index (χ1) is 11.1. The van der Waals surface area contributed by atoms with Crippen molar-refractivity contribution in [3.8, 4) is 0 Å². The summed E-state index contributed by atoms with van der Waals surface area (Å²) in [6, 6.07) is 17.0. The summed E-state index contributed by atoms with van der Waals surface area (Å²) in [7, 11) is 4.09. The van der Waals surface area contributed by atoms with Crippen LogP contribution in [0.15, 0.2) is 55.1 Å². The third-order valence-corrected chi connectivity index (χ3v) is 4.22. The van der Waals surface area contributed by atoms with Crippen LogP contribution < -0.4 is 9.80 Å². The first kappa shape index (κ1) is 17.4. The Bertz CT molecular complexity index is 630. The molecule has 2 rings (SSSR count). The predicted molar refractivity (Wildman–Crippen MR) is 104 cm³/mol. The Labute approximate surface area is 145 Å². The Kier molecular flexibility index (Phi) is 6.12. The average molecular weight is 329 g/mol. The van der Waals surface area contributed by atoms with Crippen molar-refractivity contribution in [2.24, 2.45) is 0 Å². The second-order valence-corrected chi connectivity index (χ2v) is 6.11. The normalized spacial score (nSPS) is 10.4. The number of nitrogens with zero attached hydrogens (tertiary/aromatic N) is 2. The Morgan fingerprint density at radius 2 is 1.39 bits per heavy atom. The summed E-state index contributed by atoms with van der Waals surface area (Å²) in [4.78, 5) is 4.36. The molecule has 3 heteroatoms. The molecule has 0 heterocycles. The van der Waals surface area contributed by atoms with Gasteiger partial charge in [0.15, 0.2) is 0 Å². The van der Waals surface area contributed by atoms with Crippen molar-refractivity contribution < 1.29 is 0 Å². The van der Waals surface area contributed by atoms with Crippen LogP contribution in [0.1, 0.15) is 18.1 Å². The van der Waals surface area contributed by atoms with E-state index in [2.05, 4.69) is 71.8 Å². The van der Waals surface area contributed by atoms with Gasteiger partial charge in [-0.25, -0.2) is 0 Å². The van der Waals surface area contributed by atoms with Crippen LogP contribution in [-0.4, -0.2) is 33.1 Å². The molecule has 0 amide bonds. The molecular formula is C20H25ClN2. The summed E-state index contributed by atoms with van der Waals surface area (Å²) in [5.41, 5.74) is 5.73. The van der Waals surface area contributed by atoms with E-state index < -0.39 is 0 Å². The highest BCUT2D eigenvalue weighted by Gasteiger charge is 2.06. The van der Waals surface area contributed by atoms with Crippen molar-refractivity contribution in [1.29, 1.82) is 0 Å². The van der Waals surface area contributed by atoms with E-state index in [0.29, 0.717) is 5.88 Å². The zero-order chi connectivity index (χ0) is 16.8. The second kappa shape index (κ2) is 8.07. The third kappa shape index (κ3) is 4.29. The molecule has 0 aliphatic heterocycles. The maximum Gasteiger partial charge on any atom is 0.0399 e. The molecule has 0 atom stereocenters. The lowest BCUT2D eigenvalue weighted by atomic mass is 9.99. The quantitative estimate of drug-likeness (QED) is 0.668. The molecule has 0 saturated carbocycles. The van der Waals surface area contributed by atoms with Gasteiger partial charge in [0.05, 0.1) is 0 Å². The maximum absolute atomic E-state index is 5.86. The summed E-state index contributed by atoms with van der Waals surface area (Å²) in [6.45, 7) is 8.22. The molecule has 0 N–H and O–H groups in total. The number of hydrogen-bond acceptors (Lipinski definition) is 2. The van der Waals surface area contributed by atoms with E-state index in [1.54, 1.807) is 0 Å². The van der Waals surface area contributed by atoms with E-state index in [1.165, 1.54) is 11.4 Å². The lowest BCUT2D eigenvalue weighted by Gasteiger charge is -2.22. The van der Waals surface area contributed by atoms with Crippen molar-refractivity contribution in [3.05, 3.63) is 66.2 Å². The van der Waals surface area contributed by atoms with Gasteiger partial charge >= 0.3 is 0 Å². The smallest absolute Gasteiger partial charge is 0.0399 e. The van der Waals surface area contributed by atoms with Crippen molar-refractivity contribution in [2.45, 2.75) is 6.92 Å². The van der Waals surface area contributed by atoms with E-state index >= 15 is 0 Å². The fourth-order valence-electron chi connectivity index (χ4n) is 2.57. The summed E-state index contributed by atoms with van der Waals surface area (Å²) in [6.07, 6.45) is 0. The predicted octanol–water partition coefficient (Wildman–Crippen LogP) is 4.88. The SMILES string of the molecule is C=C(c1ccc(N(C)C)cc1)c1ccc(N(CC)CCCl)cc1. The molecule has 0 unspecified atom stereocenters. The molecular weight excluding hydrogens is 304 g/mol. The molecule has 2 nitrogen and oxygen atoms in total. The Balaban J connectivity index is 2.16. The van der Waals surface area contributed by atoms with Gasteiger partial charge in [-0.3, -0.25) is 0 Å².